The predicted octanol–water partition coefficient (Wildman–Crippen LogP) is 2.99. The van der Waals surface area contributed by atoms with Crippen LogP contribution >= 0.6 is 34.0 Å². The first-order valence-electron chi connectivity index (χ1n) is 3.23. The second kappa shape index (κ2) is 4.09. The molecule has 0 N–H and O–H groups in total. The first kappa shape index (κ1) is 11.2. The van der Waals surface area contributed by atoms with E-state index in [1.807, 2.05) is 0 Å². The average molecular weight is 257 g/mol. The zero-order chi connectivity index (χ0) is 10.1. The summed E-state index contributed by atoms with van der Waals surface area (Å²) in [4.78, 5) is 0.661. The molecular weight excluding hydrogens is 251 g/mol. The van der Waals surface area contributed by atoms with Crippen LogP contribution in [0.1, 0.15) is 0 Å². The van der Waals surface area contributed by atoms with Gasteiger partial charge in [0.25, 0.3) is 9.05 Å². The lowest BCUT2D eigenvalue weighted by Gasteiger charge is -2.03. The maximum Gasteiger partial charge on any atom is 0.262 e. The van der Waals surface area contributed by atoms with Gasteiger partial charge in [0, 0.05) is 20.6 Å². The van der Waals surface area contributed by atoms with Gasteiger partial charge in [0.1, 0.15) is 0 Å². The van der Waals surface area contributed by atoms with E-state index in [1.54, 1.807) is 18.4 Å². The van der Waals surface area contributed by atoms with Gasteiger partial charge in [-0.2, -0.15) is 0 Å². The topological polar surface area (TPSA) is 34.1 Å². The first-order valence-corrected chi connectivity index (χ1v) is 7.14. The zero-order valence-electron chi connectivity index (χ0n) is 6.62. The normalized spacial score (nSPS) is 11.6. The smallest absolute Gasteiger partial charge is 0.207 e. The van der Waals surface area contributed by atoms with Crippen LogP contribution in [0.4, 0.5) is 0 Å². The van der Waals surface area contributed by atoms with Crippen molar-refractivity contribution in [3.8, 4) is 0 Å². The van der Waals surface area contributed by atoms with E-state index in [0.717, 1.165) is 0 Å². The van der Waals surface area contributed by atoms with Crippen LogP contribution in [-0.4, -0.2) is 14.7 Å². The molecule has 6 heteroatoms. The first-order chi connectivity index (χ1) is 5.95. The van der Waals surface area contributed by atoms with Crippen molar-refractivity contribution < 1.29 is 8.42 Å². The summed E-state index contributed by atoms with van der Waals surface area (Å²) in [6.07, 6.45) is 1.77. The van der Waals surface area contributed by atoms with Crippen LogP contribution in [0, 0.1) is 0 Å². The lowest BCUT2D eigenvalue weighted by Crippen LogP contribution is -1.92. The Kier molecular flexibility index (Phi) is 3.51. The maximum atomic E-state index is 11.1. The number of rotatable bonds is 2. The highest BCUT2D eigenvalue weighted by Crippen LogP contribution is 2.29. The molecule has 0 amide bonds. The summed E-state index contributed by atoms with van der Waals surface area (Å²) in [5.41, 5.74) is 0. The van der Waals surface area contributed by atoms with Gasteiger partial charge in [-0.3, -0.25) is 0 Å². The summed E-state index contributed by atoms with van der Waals surface area (Å²) in [7, 11) is 1.51. The summed E-state index contributed by atoms with van der Waals surface area (Å²) < 4.78 is 22.1. The molecule has 1 aromatic carbocycles. The van der Waals surface area contributed by atoms with Crippen LogP contribution in [0.25, 0.3) is 0 Å². The number of hydrogen-bond donors (Lipinski definition) is 0. The Morgan fingerprint density at radius 3 is 2.46 bits per heavy atom. The highest BCUT2D eigenvalue weighted by atomic mass is 35.7. The largest absolute Gasteiger partial charge is 0.262 e. The molecule has 0 heterocycles. The molecule has 1 aromatic rings. The van der Waals surface area contributed by atoms with E-state index in [2.05, 4.69) is 0 Å². The van der Waals surface area contributed by atoms with E-state index in [1.165, 1.54) is 17.8 Å². The monoisotopic (exact) mass is 256 g/mol. The molecule has 0 bridgehead atoms. The van der Waals surface area contributed by atoms with Gasteiger partial charge >= 0.3 is 0 Å². The Morgan fingerprint density at radius 1 is 1.38 bits per heavy atom. The number of thioether (sulfide) groups is 1. The molecule has 0 fully saturated rings. The van der Waals surface area contributed by atoms with Crippen molar-refractivity contribution in [2.45, 2.75) is 9.79 Å². The summed E-state index contributed by atoms with van der Waals surface area (Å²) in [6, 6.07) is 4.59. The standard InChI is InChI=1S/C7H6Cl2O2S2/c1-12-6-3-2-5(8)4-7(6)13(9,10)11/h2-4H,1H3. The van der Waals surface area contributed by atoms with Gasteiger partial charge in [-0.25, -0.2) is 8.42 Å². The van der Waals surface area contributed by atoms with Crippen LogP contribution in [-0.2, 0) is 9.05 Å². The number of hydrogen-bond acceptors (Lipinski definition) is 3. The third kappa shape index (κ3) is 2.77. The van der Waals surface area contributed by atoms with Crippen LogP contribution in [0.2, 0.25) is 5.02 Å². The van der Waals surface area contributed by atoms with E-state index in [0.29, 0.717) is 9.92 Å². The summed E-state index contributed by atoms with van der Waals surface area (Å²) in [6.45, 7) is 0. The van der Waals surface area contributed by atoms with Crippen molar-refractivity contribution in [1.82, 2.24) is 0 Å². The van der Waals surface area contributed by atoms with Crippen molar-refractivity contribution in [3.63, 3.8) is 0 Å². The quantitative estimate of drug-likeness (QED) is 0.603. The van der Waals surface area contributed by atoms with Crippen molar-refractivity contribution in [3.05, 3.63) is 23.2 Å². The second-order valence-electron chi connectivity index (χ2n) is 2.23. The average Bonchev–Trinajstić information content (AvgIpc) is 2.03. The van der Waals surface area contributed by atoms with Crippen molar-refractivity contribution >= 4 is 43.1 Å². The minimum Gasteiger partial charge on any atom is -0.207 e. The molecule has 0 saturated heterocycles. The van der Waals surface area contributed by atoms with Gasteiger partial charge in [-0.05, 0) is 24.5 Å². The molecule has 0 aliphatic heterocycles. The fourth-order valence-electron chi connectivity index (χ4n) is 0.841. The number of halogens is 2. The molecule has 0 atom stereocenters. The molecule has 0 aliphatic rings. The summed E-state index contributed by atoms with van der Waals surface area (Å²) >= 11 is 6.96. The van der Waals surface area contributed by atoms with Gasteiger partial charge in [-0.15, -0.1) is 11.8 Å². The lowest BCUT2D eigenvalue weighted by atomic mass is 10.4. The van der Waals surface area contributed by atoms with E-state index in [-0.39, 0.29) is 4.90 Å². The summed E-state index contributed by atoms with van der Waals surface area (Å²) in [5.74, 6) is 0. The Morgan fingerprint density at radius 2 is 2.00 bits per heavy atom. The van der Waals surface area contributed by atoms with Gasteiger partial charge in [0.05, 0.1) is 4.90 Å². The minimum atomic E-state index is -3.70. The van der Waals surface area contributed by atoms with E-state index in [9.17, 15) is 8.42 Å². The lowest BCUT2D eigenvalue weighted by molar-refractivity contribution is 0.608. The van der Waals surface area contributed by atoms with E-state index < -0.39 is 9.05 Å². The van der Waals surface area contributed by atoms with E-state index in [4.69, 9.17) is 22.3 Å². The van der Waals surface area contributed by atoms with Crippen LogP contribution in [0.15, 0.2) is 28.0 Å². The predicted molar refractivity (Wildman–Crippen MR) is 56.3 cm³/mol. The molecule has 13 heavy (non-hydrogen) atoms. The van der Waals surface area contributed by atoms with Gasteiger partial charge in [0.2, 0.25) is 0 Å². The molecule has 0 aliphatic carbocycles. The third-order valence-corrected chi connectivity index (χ3v) is 3.91. The second-order valence-corrected chi connectivity index (χ2v) is 6.05. The van der Waals surface area contributed by atoms with Crippen LogP contribution in [0.3, 0.4) is 0 Å². The summed E-state index contributed by atoms with van der Waals surface area (Å²) in [5, 5.41) is 0.358. The zero-order valence-corrected chi connectivity index (χ0v) is 9.77. The third-order valence-electron chi connectivity index (χ3n) is 1.39. The SMILES string of the molecule is CSc1ccc(Cl)cc1S(=O)(=O)Cl. The van der Waals surface area contributed by atoms with Gasteiger partial charge < -0.3 is 0 Å². The van der Waals surface area contributed by atoms with Crippen molar-refractivity contribution in [1.29, 1.82) is 0 Å². The fourth-order valence-corrected chi connectivity index (χ4v) is 3.22. The van der Waals surface area contributed by atoms with Crippen LogP contribution < -0.4 is 0 Å². The van der Waals surface area contributed by atoms with Crippen molar-refractivity contribution in [2.24, 2.45) is 0 Å². The number of benzene rings is 1. The molecule has 0 unspecified atom stereocenters. The Labute approximate surface area is 90.7 Å². The molecule has 0 spiro atoms. The minimum absolute atomic E-state index is 0.0640. The van der Waals surface area contributed by atoms with Crippen molar-refractivity contribution in [2.75, 3.05) is 6.26 Å². The van der Waals surface area contributed by atoms with Crippen LogP contribution in [0.5, 0.6) is 0 Å². The van der Waals surface area contributed by atoms with Gasteiger partial charge in [-0.1, -0.05) is 11.6 Å². The molecule has 0 saturated carbocycles. The van der Waals surface area contributed by atoms with Gasteiger partial charge in [0.15, 0.2) is 0 Å². The Bertz CT molecular complexity index is 415. The Hall–Kier alpha value is 0.1000. The molecular formula is C7H6Cl2O2S2. The molecule has 0 radical (unpaired) electrons. The fraction of sp³-hybridized carbons (Fsp3) is 0.143. The maximum absolute atomic E-state index is 11.1. The molecule has 72 valence electrons. The highest BCUT2D eigenvalue weighted by Gasteiger charge is 2.15. The highest BCUT2D eigenvalue weighted by molar-refractivity contribution is 8.14. The molecule has 0 aromatic heterocycles. The molecule has 1 rings (SSSR count). The van der Waals surface area contributed by atoms with E-state index >= 15 is 0 Å². The molecule has 2 nitrogen and oxygen atoms in total. The Balaban J connectivity index is 3.41.